The Balaban J connectivity index is 1.38. The van der Waals surface area contributed by atoms with E-state index in [-0.39, 0.29) is 18.6 Å². The molecule has 0 aliphatic carbocycles. The first-order chi connectivity index (χ1) is 14.4. The molecule has 30 heavy (non-hydrogen) atoms. The number of hydrogen-bond acceptors (Lipinski definition) is 6. The van der Waals surface area contributed by atoms with Gasteiger partial charge >= 0.3 is 0 Å². The maximum atomic E-state index is 12.7. The minimum absolute atomic E-state index is 0.0491. The van der Waals surface area contributed by atoms with Crippen molar-refractivity contribution in [1.82, 2.24) is 4.90 Å². The second-order valence-corrected chi connectivity index (χ2v) is 11.1. The summed E-state index contributed by atoms with van der Waals surface area (Å²) in [5.41, 5.74) is 1.75. The second kappa shape index (κ2) is 8.41. The molecule has 0 spiro atoms. The summed E-state index contributed by atoms with van der Waals surface area (Å²) in [4.78, 5) is 15.9. The van der Waals surface area contributed by atoms with Crippen molar-refractivity contribution in [3.05, 3.63) is 63.7 Å². The average Bonchev–Trinajstić information content (AvgIpc) is 3.44. The Morgan fingerprint density at radius 3 is 2.63 bits per heavy atom. The van der Waals surface area contributed by atoms with Crippen LogP contribution in [0.4, 0.5) is 5.69 Å². The molecule has 3 aromatic rings. The number of nitrogens with zero attached hydrogens (tertiary/aromatic N) is 2. The van der Waals surface area contributed by atoms with Gasteiger partial charge in [-0.05, 0) is 66.1 Å². The van der Waals surface area contributed by atoms with E-state index >= 15 is 0 Å². The molecule has 0 saturated heterocycles. The molecule has 1 aromatic carbocycles. The van der Waals surface area contributed by atoms with Crippen LogP contribution < -0.4 is 9.04 Å². The standard InChI is InChI=1S/C21H22N2O4S3/c1-15-18-10-13-28-19(18)9-11-23(15)20(24)14-27-17-7-5-16(6-8-17)22(2)30(25,26)21-4-3-12-29-21/h3-8,10,12-13,15H,9,11,14H2,1-2H3. The van der Waals surface area contributed by atoms with E-state index in [1.165, 1.54) is 33.1 Å². The molecular weight excluding hydrogens is 440 g/mol. The first-order valence-corrected chi connectivity index (χ1v) is 12.7. The quantitative estimate of drug-likeness (QED) is 0.552. The van der Waals surface area contributed by atoms with Crippen molar-refractivity contribution in [2.45, 2.75) is 23.6 Å². The van der Waals surface area contributed by atoms with Crippen LogP contribution in [0.3, 0.4) is 0 Å². The largest absolute Gasteiger partial charge is 0.484 e. The molecular formula is C21H22N2O4S3. The van der Waals surface area contributed by atoms with Gasteiger partial charge in [-0.15, -0.1) is 22.7 Å². The molecule has 1 atom stereocenters. The summed E-state index contributed by atoms with van der Waals surface area (Å²) in [5, 5.41) is 3.81. The van der Waals surface area contributed by atoms with Gasteiger partial charge in [0.25, 0.3) is 15.9 Å². The van der Waals surface area contributed by atoms with Gasteiger partial charge in [-0.3, -0.25) is 9.10 Å². The Morgan fingerprint density at radius 1 is 1.17 bits per heavy atom. The molecule has 0 bridgehead atoms. The van der Waals surface area contributed by atoms with Crippen LogP contribution in [-0.2, 0) is 21.2 Å². The fourth-order valence-corrected chi connectivity index (χ4v) is 6.83. The summed E-state index contributed by atoms with van der Waals surface area (Å²) >= 11 is 2.92. The zero-order valence-corrected chi connectivity index (χ0v) is 19.1. The molecule has 0 radical (unpaired) electrons. The number of thiophene rings is 2. The molecule has 1 amide bonds. The van der Waals surface area contributed by atoms with Crippen LogP contribution in [0.2, 0.25) is 0 Å². The molecule has 4 rings (SSSR count). The predicted molar refractivity (Wildman–Crippen MR) is 120 cm³/mol. The average molecular weight is 463 g/mol. The summed E-state index contributed by atoms with van der Waals surface area (Å²) in [6, 6.07) is 12.1. The number of ether oxygens (including phenoxy) is 1. The van der Waals surface area contributed by atoms with E-state index < -0.39 is 10.0 Å². The Labute approximate surface area is 184 Å². The van der Waals surface area contributed by atoms with Gasteiger partial charge in [-0.2, -0.15) is 0 Å². The summed E-state index contributed by atoms with van der Waals surface area (Å²) in [6.07, 6.45) is 0.878. The highest BCUT2D eigenvalue weighted by molar-refractivity contribution is 7.94. The minimum atomic E-state index is -3.58. The first kappa shape index (κ1) is 20.9. The monoisotopic (exact) mass is 462 g/mol. The van der Waals surface area contributed by atoms with Crippen LogP contribution in [0.1, 0.15) is 23.4 Å². The van der Waals surface area contributed by atoms with E-state index in [0.717, 1.165) is 6.42 Å². The van der Waals surface area contributed by atoms with Crippen molar-refractivity contribution in [3.8, 4) is 5.75 Å². The van der Waals surface area contributed by atoms with E-state index in [1.54, 1.807) is 53.1 Å². The number of sulfonamides is 1. The van der Waals surface area contributed by atoms with Crippen LogP contribution in [0, 0.1) is 0 Å². The molecule has 1 aliphatic rings. The second-order valence-electron chi connectivity index (χ2n) is 7.00. The fourth-order valence-electron chi connectivity index (χ4n) is 3.51. The van der Waals surface area contributed by atoms with Crippen LogP contribution in [-0.4, -0.2) is 39.4 Å². The molecule has 0 saturated carbocycles. The maximum Gasteiger partial charge on any atom is 0.273 e. The summed E-state index contributed by atoms with van der Waals surface area (Å²) in [6.45, 7) is 2.69. The van der Waals surface area contributed by atoms with Crippen molar-refractivity contribution < 1.29 is 17.9 Å². The maximum absolute atomic E-state index is 12.7. The number of benzene rings is 1. The molecule has 6 nitrogen and oxygen atoms in total. The van der Waals surface area contributed by atoms with E-state index in [2.05, 4.69) is 11.4 Å². The number of carbonyl (C=O) groups is 1. The van der Waals surface area contributed by atoms with Gasteiger partial charge in [0.15, 0.2) is 6.61 Å². The molecule has 0 N–H and O–H groups in total. The SMILES string of the molecule is CC1c2ccsc2CCN1C(=O)COc1ccc(N(C)S(=O)(=O)c2cccs2)cc1. The fraction of sp³-hybridized carbons (Fsp3) is 0.286. The Kier molecular flexibility index (Phi) is 5.86. The van der Waals surface area contributed by atoms with Crippen LogP contribution in [0.5, 0.6) is 5.75 Å². The number of rotatable bonds is 6. The third kappa shape index (κ3) is 3.97. The highest BCUT2D eigenvalue weighted by Gasteiger charge is 2.28. The zero-order valence-electron chi connectivity index (χ0n) is 16.6. The molecule has 158 valence electrons. The van der Waals surface area contributed by atoms with Crippen LogP contribution in [0.15, 0.2) is 57.4 Å². The van der Waals surface area contributed by atoms with Gasteiger partial charge in [0.2, 0.25) is 0 Å². The van der Waals surface area contributed by atoms with Gasteiger partial charge in [-0.1, -0.05) is 6.07 Å². The number of fused-ring (bicyclic) bond motifs is 1. The Hall–Kier alpha value is -2.36. The van der Waals surface area contributed by atoms with Crippen LogP contribution in [0.25, 0.3) is 0 Å². The molecule has 9 heteroatoms. The van der Waals surface area contributed by atoms with Gasteiger partial charge in [0, 0.05) is 18.5 Å². The number of hydrogen-bond donors (Lipinski definition) is 0. The van der Waals surface area contributed by atoms with Crippen molar-refractivity contribution in [2.75, 3.05) is 24.5 Å². The molecule has 1 aliphatic heterocycles. The van der Waals surface area contributed by atoms with E-state index in [1.807, 2.05) is 11.8 Å². The minimum Gasteiger partial charge on any atom is -0.484 e. The van der Waals surface area contributed by atoms with Crippen LogP contribution >= 0.6 is 22.7 Å². The zero-order chi connectivity index (χ0) is 21.3. The lowest BCUT2D eigenvalue weighted by molar-refractivity contribution is -0.135. The highest BCUT2D eigenvalue weighted by atomic mass is 32.2. The number of carbonyl (C=O) groups excluding carboxylic acids is 1. The molecule has 2 aromatic heterocycles. The van der Waals surface area contributed by atoms with Gasteiger partial charge < -0.3 is 9.64 Å². The third-order valence-electron chi connectivity index (χ3n) is 5.27. The van der Waals surface area contributed by atoms with Crippen molar-refractivity contribution in [2.24, 2.45) is 0 Å². The van der Waals surface area contributed by atoms with Crippen molar-refractivity contribution in [3.63, 3.8) is 0 Å². The normalized spacial score (nSPS) is 16.2. The van der Waals surface area contributed by atoms with E-state index in [4.69, 9.17) is 4.74 Å². The third-order valence-corrected chi connectivity index (χ3v) is 9.43. The summed E-state index contributed by atoms with van der Waals surface area (Å²) in [7, 11) is -2.06. The number of amides is 1. The van der Waals surface area contributed by atoms with Crippen molar-refractivity contribution >= 4 is 44.3 Å². The summed E-state index contributed by atoms with van der Waals surface area (Å²) in [5.74, 6) is 0.468. The lowest BCUT2D eigenvalue weighted by atomic mass is 10.0. The lowest BCUT2D eigenvalue weighted by Crippen LogP contribution is -2.40. The summed E-state index contributed by atoms with van der Waals surface area (Å²) < 4.78 is 32.5. The Bertz CT molecular complexity index is 1120. The van der Waals surface area contributed by atoms with Gasteiger partial charge in [0.1, 0.15) is 9.96 Å². The topological polar surface area (TPSA) is 66.9 Å². The van der Waals surface area contributed by atoms with E-state index in [9.17, 15) is 13.2 Å². The Morgan fingerprint density at radius 2 is 1.93 bits per heavy atom. The van der Waals surface area contributed by atoms with Crippen molar-refractivity contribution in [1.29, 1.82) is 0 Å². The van der Waals surface area contributed by atoms with Gasteiger partial charge in [0.05, 0.1) is 11.7 Å². The molecule has 0 fully saturated rings. The lowest BCUT2D eigenvalue weighted by Gasteiger charge is -2.33. The molecule has 1 unspecified atom stereocenters. The van der Waals surface area contributed by atoms with Gasteiger partial charge in [-0.25, -0.2) is 8.42 Å². The molecule has 3 heterocycles. The predicted octanol–water partition coefficient (Wildman–Crippen LogP) is 4.16. The van der Waals surface area contributed by atoms with E-state index in [0.29, 0.717) is 22.2 Å². The smallest absolute Gasteiger partial charge is 0.273 e. The first-order valence-electron chi connectivity index (χ1n) is 9.49. The highest BCUT2D eigenvalue weighted by Crippen LogP contribution is 2.33. The number of anilines is 1.